The second-order valence-electron chi connectivity index (χ2n) is 13.5. The molecule has 6 N–H and O–H groups in total. The maximum atomic E-state index is 12.6. The molecule has 2 aromatic carbocycles. The summed E-state index contributed by atoms with van der Waals surface area (Å²) in [4.78, 5) is 52.9. The van der Waals surface area contributed by atoms with Gasteiger partial charge >= 0.3 is 0 Å². The van der Waals surface area contributed by atoms with Crippen LogP contribution < -0.4 is 20.7 Å². The monoisotopic (exact) mass is 730 g/mol. The molecule has 52 heavy (non-hydrogen) atoms. The molecule has 2 saturated heterocycles. The number of aromatic nitrogens is 3. The van der Waals surface area contributed by atoms with E-state index in [1.807, 2.05) is 30.5 Å². The van der Waals surface area contributed by atoms with Crippen molar-refractivity contribution in [1.29, 1.82) is 0 Å². The van der Waals surface area contributed by atoms with Crippen molar-refractivity contribution in [2.24, 2.45) is 0 Å². The summed E-state index contributed by atoms with van der Waals surface area (Å²) in [7, 11) is 0. The Morgan fingerprint density at radius 3 is 2.79 bits per heavy atom. The van der Waals surface area contributed by atoms with E-state index in [2.05, 4.69) is 30.8 Å². The molecule has 2 fully saturated rings. The van der Waals surface area contributed by atoms with Gasteiger partial charge in [0.25, 0.3) is 5.91 Å². The number of para-hydroxylation sites is 1. The number of hydrogen-bond acceptors (Lipinski definition) is 11. The normalized spacial score (nSPS) is 22.3. The molecule has 3 amide bonds. The summed E-state index contributed by atoms with van der Waals surface area (Å²) in [5.41, 5.74) is 3.36. The number of ether oxygens (including phenoxy) is 1. The van der Waals surface area contributed by atoms with E-state index in [1.165, 1.54) is 4.90 Å². The Kier molecular flexibility index (Phi) is 11.0. The standard InChI is InChI=1S/C37H43ClN8O6/c38-26-19-41-37(44-33(26)25-18-40-27-11-3-2-9-23(25)27)42-22-8-7-17-45(20-22)16-5-1-4-15-39-31(48)21-52-29-12-6-10-24-32(29)36(51)46(35(24)50)28-13-14-30(47)43-34(28)49/h2-3,6,9-12,18-19,22,28,35-36,40,50-51H,1,4-5,7-8,13-17,20-21H2,(H,39,48)(H,41,42,44)(H,43,47,49)/t22-,28?,35?,36?/m1/s1. The van der Waals surface area contributed by atoms with E-state index in [4.69, 9.17) is 21.3 Å². The average Bonchev–Trinajstić information content (AvgIpc) is 3.68. The van der Waals surface area contributed by atoms with Crippen LogP contribution in [-0.4, -0.2) is 97.6 Å². The minimum atomic E-state index is -1.34. The molecule has 3 unspecified atom stereocenters. The molecule has 4 aromatic rings. The number of imide groups is 1. The Bertz CT molecular complexity index is 1940. The minimum absolute atomic E-state index is 0.109. The summed E-state index contributed by atoms with van der Waals surface area (Å²) >= 11 is 6.53. The van der Waals surface area contributed by atoms with Gasteiger partial charge < -0.3 is 35.5 Å². The third-order valence-corrected chi connectivity index (χ3v) is 10.3. The molecule has 3 aliphatic heterocycles. The lowest BCUT2D eigenvalue weighted by Gasteiger charge is -2.34. The number of likely N-dealkylation sites (tertiary alicyclic amines) is 1. The number of rotatable bonds is 13. The SMILES string of the molecule is O=C(COc1cccc2c1C(O)N(C1CCC(=O)NC1=O)C2O)NCCCCCN1CCC[C@@H](Nc2ncc(Cl)c(-c3c[nH]c4ccccc34)n2)C1. The third kappa shape index (κ3) is 7.76. The van der Waals surface area contributed by atoms with Gasteiger partial charge in [-0.25, -0.2) is 14.9 Å². The number of fused-ring (bicyclic) bond motifs is 2. The first-order valence-electron chi connectivity index (χ1n) is 17.8. The number of nitrogens with zero attached hydrogens (tertiary/aromatic N) is 4. The van der Waals surface area contributed by atoms with Crippen LogP contribution in [0.5, 0.6) is 5.75 Å². The molecular formula is C37H43ClN8O6. The van der Waals surface area contributed by atoms with Gasteiger partial charge in [-0.15, -0.1) is 0 Å². The summed E-state index contributed by atoms with van der Waals surface area (Å²) in [5, 5.41) is 32.2. The number of benzene rings is 2. The number of nitrogens with one attached hydrogen (secondary N) is 4. The second kappa shape index (κ2) is 16.0. The van der Waals surface area contributed by atoms with Crippen molar-refractivity contribution in [2.75, 3.05) is 38.1 Å². The van der Waals surface area contributed by atoms with Gasteiger partial charge in [-0.05, 0) is 57.3 Å². The fourth-order valence-corrected chi connectivity index (χ4v) is 7.64. The van der Waals surface area contributed by atoms with Gasteiger partial charge in [0, 0.05) is 59.3 Å². The Morgan fingerprint density at radius 2 is 1.92 bits per heavy atom. The van der Waals surface area contributed by atoms with E-state index in [9.17, 15) is 24.6 Å². The Hall–Kier alpha value is -4.60. The molecular weight excluding hydrogens is 688 g/mol. The maximum Gasteiger partial charge on any atom is 0.257 e. The first-order chi connectivity index (χ1) is 25.3. The lowest BCUT2D eigenvalue weighted by atomic mass is 10.0. The zero-order chi connectivity index (χ0) is 36.2. The van der Waals surface area contributed by atoms with E-state index >= 15 is 0 Å². The smallest absolute Gasteiger partial charge is 0.257 e. The number of H-pyrrole nitrogens is 1. The molecule has 2 aromatic heterocycles. The number of carbonyl (C=O) groups excluding carboxylic acids is 3. The molecule has 5 heterocycles. The van der Waals surface area contributed by atoms with Crippen LogP contribution in [0.25, 0.3) is 22.2 Å². The van der Waals surface area contributed by atoms with Crippen molar-refractivity contribution >= 4 is 46.2 Å². The molecule has 274 valence electrons. The van der Waals surface area contributed by atoms with Crippen LogP contribution in [0, 0.1) is 0 Å². The number of aliphatic hydroxyl groups excluding tert-OH is 2. The zero-order valence-electron chi connectivity index (χ0n) is 28.7. The highest BCUT2D eigenvalue weighted by Crippen LogP contribution is 2.46. The van der Waals surface area contributed by atoms with Gasteiger partial charge in [0.05, 0.1) is 23.0 Å². The predicted molar refractivity (Wildman–Crippen MR) is 194 cm³/mol. The van der Waals surface area contributed by atoms with Crippen molar-refractivity contribution in [2.45, 2.75) is 69.5 Å². The van der Waals surface area contributed by atoms with Gasteiger partial charge in [-0.3, -0.25) is 19.7 Å². The van der Waals surface area contributed by atoms with Crippen LogP contribution in [0.3, 0.4) is 0 Å². The lowest BCUT2D eigenvalue weighted by Crippen LogP contribution is -2.52. The molecule has 7 rings (SSSR count). The van der Waals surface area contributed by atoms with Gasteiger partial charge in [0.15, 0.2) is 6.61 Å². The number of hydrogen-bond donors (Lipinski definition) is 6. The van der Waals surface area contributed by atoms with Crippen molar-refractivity contribution in [1.82, 2.24) is 35.4 Å². The quantitative estimate of drug-likeness (QED) is 0.0872. The first kappa shape index (κ1) is 35.8. The van der Waals surface area contributed by atoms with Crippen molar-refractivity contribution in [3.8, 4) is 17.0 Å². The average molecular weight is 731 g/mol. The van der Waals surface area contributed by atoms with Crippen molar-refractivity contribution in [3.63, 3.8) is 0 Å². The van der Waals surface area contributed by atoms with Crippen LogP contribution in [0.1, 0.15) is 68.5 Å². The van der Waals surface area contributed by atoms with Crippen LogP contribution in [-0.2, 0) is 14.4 Å². The van der Waals surface area contributed by atoms with E-state index in [0.29, 0.717) is 34.3 Å². The molecule has 0 saturated carbocycles. The summed E-state index contributed by atoms with van der Waals surface area (Å²) in [6.07, 6.45) is 6.15. The number of anilines is 1. The van der Waals surface area contributed by atoms with Gasteiger partial charge in [0.2, 0.25) is 17.8 Å². The molecule has 15 heteroatoms. The minimum Gasteiger partial charge on any atom is -0.483 e. The van der Waals surface area contributed by atoms with Gasteiger partial charge in [-0.1, -0.05) is 48.4 Å². The molecule has 14 nitrogen and oxygen atoms in total. The van der Waals surface area contributed by atoms with Crippen LogP contribution in [0.2, 0.25) is 5.02 Å². The second-order valence-corrected chi connectivity index (χ2v) is 13.9. The predicted octanol–water partition coefficient (Wildman–Crippen LogP) is 3.62. The summed E-state index contributed by atoms with van der Waals surface area (Å²) in [6.45, 7) is 3.13. The van der Waals surface area contributed by atoms with Crippen molar-refractivity contribution in [3.05, 3.63) is 71.0 Å². The molecule has 0 spiro atoms. The Balaban J connectivity index is 0.823. The Morgan fingerprint density at radius 1 is 1.06 bits per heavy atom. The Labute approximate surface area is 305 Å². The van der Waals surface area contributed by atoms with Gasteiger partial charge in [0.1, 0.15) is 18.2 Å². The molecule has 0 radical (unpaired) electrons. The van der Waals surface area contributed by atoms with E-state index in [-0.39, 0.29) is 43.1 Å². The number of piperidine rings is 2. The largest absolute Gasteiger partial charge is 0.483 e. The highest BCUT2D eigenvalue weighted by Gasteiger charge is 2.46. The molecule has 0 aliphatic carbocycles. The maximum absolute atomic E-state index is 12.6. The molecule has 3 aliphatic rings. The highest BCUT2D eigenvalue weighted by molar-refractivity contribution is 6.33. The van der Waals surface area contributed by atoms with E-state index < -0.39 is 24.4 Å². The number of halogens is 1. The molecule has 0 bridgehead atoms. The van der Waals surface area contributed by atoms with Crippen molar-refractivity contribution < 1.29 is 29.3 Å². The topological polar surface area (TPSA) is 185 Å². The third-order valence-electron chi connectivity index (χ3n) is 10.0. The number of carbonyl (C=O) groups is 3. The van der Waals surface area contributed by atoms with E-state index in [1.54, 1.807) is 24.4 Å². The molecule has 4 atom stereocenters. The number of amides is 3. The fraction of sp³-hybridized carbons (Fsp3) is 0.432. The summed E-state index contributed by atoms with van der Waals surface area (Å²) in [5.74, 6) is -0.433. The number of unbranched alkanes of at least 4 members (excludes halogenated alkanes) is 2. The van der Waals surface area contributed by atoms with Crippen LogP contribution in [0.15, 0.2) is 54.9 Å². The number of aliphatic hydroxyl groups is 2. The summed E-state index contributed by atoms with van der Waals surface area (Å²) < 4.78 is 5.77. The van der Waals surface area contributed by atoms with Crippen LogP contribution in [0.4, 0.5) is 5.95 Å². The first-order valence-corrected chi connectivity index (χ1v) is 18.2. The fourth-order valence-electron chi connectivity index (χ4n) is 7.45. The lowest BCUT2D eigenvalue weighted by molar-refractivity contribution is -0.154. The zero-order valence-corrected chi connectivity index (χ0v) is 29.4. The van der Waals surface area contributed by atoms with Crippen LogP contribution >= 0.6 is 11.6 Å². The van der Waals surface area contributed by atoms with E-state index in [0.717, 1.165) is 68.2 Å². The summed E-state index contributed by atoms with van der Waals surface area (Å²) in [6, 6.07) is 12.3. The number of aromatic amines is 1. The highest BCUT2D eigenvalue weighted by atomic mass is 35.5. The van der Waals surface area contributed by atoms with Gasteiger partial charge in [-0.2, -0.15) is 0 Å².